The second-order valence-corrected chi connectivity index (χ2v) is 7.17. The third kappa shape index (κ3) is 2.39. The number of H-pyrrole nitrogens is 1. The zero-order chi connectivity index (χ0) is 15.9. The maximum atomic E-state index is 5.50. The van der Waals surface area contributed by atoms with Crippen LogP contribution in [0, 0.1) is 0 Å². The maximum absolute atomic E-state index is 5.50. The first-order valence-corrected chi connectivity index (χ1v) is 8.96. The van der Waals surface area contributed by atoms with E-state index < -0.39 is 0 Å². The molecule has 0 amide bonds. The minimum absolute atomic E-state index is 0.298. The van der Waals surface area contributed by atoms with Gasteiger partial charge in [-0.15, -0.1) is 11.3 Å². The number of aromatic nitrogens is 2. The van der Waals surface area contributed by atoms with Crippen LogP contribution in [0.3, 0.4) is 0 Å². The number of benzene rings is 1. The largest absolute Gasteiger partial charge is 0.454 e. The average Bonchev–Trinajstić information content (AvgIpc) is 3.34. The average molecular weight is 339 g/mol. The molecule has 3 aromatic rings. The number of nitrogens with zero attached hydrogens (tertiary/aromatic N) is 2. The Labute approximate surface area is 143 Å². The number of thiophene rings is 1. The molecule has 5 nitrogen and oxygen atoms in total. The molecule has 0 atom stereocenters. The SMILES string of the molecule is c1csc(CN2CCc3[nH]nc(-c4ccc5c(c4)OCO5)c3C2)c1. The highest BCUT2D eigenvalue weighted by molar-refractivity contribution is 7.09. The van der Waals surface area contributed by atoms with E-state index in [1.54, 1.807) is 0 Å². The molecule has 2 aliphatic rings. The van der Waals surface area contributed by atoms with Gasteiger partial charge in [-0.05, 0) is 29.6 Å². The molecule has 0 unspecified atom stereocenters. The predicted octanol–water partition coefficient (Wildman–Crippen LogP) is 3.43. The Balaban J connectivity index is 1.44. The molecule has 0 bridgehead atoms. The van der Waals surface area contributed by atoms with Crippen molar-refractivity contribution in [2.24, 2.45) is 0 Å². The molecule has 0 radical (unpaired) electrons. The summed E-state index contributed by atoms with van der Waals surface area (Å²) in [4.78, 5) is 3.90. The Morgan fingerprint density at radius 2 is 2.17 bits per heavy atom. The zero-order valence-corrected chi connectivity index (χ0v) is 13.9. The van der Waals surface area contributed by atoms with E-state index in [1.165, 1.54) is 16.1 Å². The smallest absolute Gasteiger partial charge is 0.231 e. The van der Waals surface area contributed by atoms with E-state index in [4.69, 9.17) is 9.47 Å². The van der Waals surface area contributed by atoms with E-state index in [9.17, 15) is 0 Å². The summed E-state index contributed by atoms with van der Waals surface area (Å²) in [5, 5.41) is 9.94. The second-order valence-electron chi connectivity index (χ2n) is 6.14. The third-order valence-corrected chi connectivity index (χ3v) is 5.48. The van der Waals surface area contributed by atoms with Gasteiger partial charge in [-0.3, -0.25) is 10.00 Å². The van der Waals surface area contributed by atoms with Gasteiger partial charge in [0.1, 0.15) is 0 Å². The van der Waals surface area contributed by atoms with Crippen molar-refractivity contribution in [3.8, 4) is 22.8 Å². The normalized spacial score (nSPS) is 16.3. The third-order valence-electron chi connectivity index (χ3n) is 4.62. The van der Waals surface area contributed by atoms with E-state index in [-0.39, 0.29) is 0 Å². The van der Waals surface area contributed by atoms with Crippen molar-refractivity contribution in [3.05, 3.63) is 51.8 Å². The van der Waals surface area contributed by atoms with Crippen LogP contribution in [0.2, 0.25) is 0 Å². The van der Waals surface area contributed by atoms with Crippen molar-refractivity contribution in [1.82, 2.24) is 15.1 Å². The van der Waals surface area contributed by atoms with Gasteiger partial charge >= 0.3 is 0 Å². The van der Waals surface area contributed by atoms with Crippen LogP contribution in [-0.4, -0.2) is 28.4 Å². The number of hydrogen-bond donors (Lipinski definition) is 1. The number of ether oxygens (including phenoxy) is 2. The van der Waals surface area contributed by atoms with Gasteiger partial charge in [-0.1, -0.05) is 6.07 Å². The van der Waals surface area contributed by atoms with E-state index >= 15 is 0 Å². The monoisotopic (exact) mass is 339 g/mol. The molecular formula is C18H17N3O2S. The van der Waals surface area contributed by atoms with E-state index in [1.807, 2.05) is 23.5 Å². The molecule has 5 rings (SSSR count). The summed E-state index contributed by atoms with van der Waals surface area (Å²) in [6, 6.07) is 10.4. The number of hydrogen-bond acceptors (Lipinski definition) is 5. The lowest BCUT2D eigenvalue weighted by molar-refractivity contribution is 0.174. The lowest BCUT2D eigenvalue weighted by atomic mass is 10.0. The van der Waals surface area contributed by atoms with E-state index in [2.05, 4.69) is 38.7 Å². The molecule has 122 valence electrons. The Bertz CT molecular complexity index is 873. The summed E-state index contributed by atoms with van der Waals surface area (Å²) >= 11 is 1.82. The van der Waals surface area contributed by atoms with E-state index in [0.29, 0.717) is 6.79 Å². The zero-order valence-electron chi connectivity index (χ0n) is 13.1. The topological polar surface area (TPSA) is 50.4 Å². The maximum Gasteiger partial charge on any atom is 0.231 e. The van der Waals surface area contributed by atoms with Gasteiger partial charge in [0.2, 0.25) is 6.79 Å². The lowest BCUT2D eigenvalue weighted by Gasteiger charge is -2.26. The molecule has 6 heteroatoms. The highest BCUT2D eigenvalue weighted by Gasteiger charge is 2.24. The summed E-state index contributed by atoms with van der Waals surface area (Å²) in [7, 11) is 0. The van der Waals surface area contributed by atoms with Crippen LogP contribution in [0.25, 0.3) is 11.3 Å². The Morgan fingerprint density at radius 1 is 1.21 bits per heavy atom. The van der Waals surface area contributed by atoms with Crippen molar-refractivity contribution in [2.75, 3.05) is 13.3 Å². The van der Waals surface area contributed by atoms with Crippen LogP contribution in [-0.2, 0) is 19.5 Å². The molecule has 0 fully saturated rings. The fourth-order valence-electron chi connectivity index (χ4n) is 3.39. The highest BCUT2D eigenvalue weighted by atomic mass is 32.1. The van der Waals surface area contributed by atoms with Crippen LogP contribution in [0.4, 0.5) is 0 Å². The number of nitrogens with one attached hydrogen (secondary N) is 1. The van der Waals surface area contributed by atoms with Crippen molar-refractivity contribution in [3.63, 3.8) is 0 Å². The van der Waals surface area contributed by atoms with Gasteiger partial charge in [0.05, 0.1) is 5.69 Å². The minimum atomic E-state index is 0.298. The first-order valence-electron chi connectivity index (χ1n) is 8.08. The molecule has 0 spiro atoms. The fourth-order valence-corrected chi connectivity index (χ4v) is 4.14. The van der Waals surface area contributed by atoms with Gasteiger partial charge in [0, 0.05) is 47.8 Å². The molecule has 0 saturated heterocycles. The Morgan fingerprint density at radius 3 is 3.08 bits per heavy atom. The molecule has 0 aliphatic carbocycles. The summed E-state index contributed by atoms with van der Waals surface area (Å²) in [5.41, 5.74) is 4.66. The second kappa shape index (κ2) is 5.65. The molecule has 24 heavy (non-hydrogen) atoms. The number of fused-ring (bicyclic) bond motifs is 2. The molecule has 4 heterocycles. The Kier molecular flexibility index (Phi) is 3.31. The Hall–Kier alpha value is -2.31. The summed E-state index contributed by atoms with van der Waals surface area (Å²) in [6.45, 7) is 3.29. The van der Waals surface area contributed by atoms with Crippen LogP contribution in [0.1, 0.15) is 16.1 Å². The lowest BCUT2D eigenvalue weighted by Crippen LogP contribution is -2.29. The van der Waals surface area contributed by atoms with Crippen molar-refractivity contribution in [2.45, 2.75) is 19.5 Å². The quantitative estimate of drug-likeness (QED) is 0.794. The van der Waals surface area contributed by atoms with Crippen molar-refractivity contribution in [1.29, 1.82) is 0 Å². The van der Waals surface area contributed by atoms with Crippen LogP contribution >= 0.6 is 11.3 Å². The first-order chi connectivity index (χ1) is 11.9. The molecule has 0 saturated carbocycles. The van der Waals surface area contributed by atoms with Crippen LogP contribution in [0.5, 0.6) is 11.5 Å². The molecule has 2 aliphatic heterocycles. The number of rotatable bonds is 3. The van der Waals surface area contributed by atoms with Gasteiger partial charge in [-0.25, -0.2) is 0 Å². The predicted molar refractivity (Wildman–Crippen MR) is 92.3 cm³/mol. The first kappa shape index (κ1) is 14.1. The molecule has 1 aromatic carbocycles. The summed E-state index contributed by atoms with van der Waals surface area (Å²) < 4.78 is 10.9. The summed E-state index contributed by atoms with van der Waals surface area (Å²) in [6.07, 6.45) is 1.01. The number of aromatic amines is 1. The molecular weight excluding hydrogens is 322 g/mol. The fraction of sp³-hybridized carbons (Fsp3) is 0.278. The van der Waals surface area contributed by atoms with Crippen LogP contribution < -0.4 is 9.47 Å². The minimum Gasteiger partial charge on any atom is -0.454 e. The van der Waals surface area contributed by atoms with E-state index in [0.717, 1.165) is 48.8 Å². The van der Waals surface area contributed by atoms with Gasteiger partial charge < -0.3 is 9.47 Å². The summed E-state index contributed by atoms with van der Waals surface area (Å²) in [5.74, 6) is 1.61. The van der Waals surface area contributed by atoms with Crippen molar-refractivity contribution >= 4 is 11.3 Å². The van der Waals surface area contributed by atoms with Gasteiger partial charge in [0.15, 0.2) is 11.5 Å². The highest BCUT2D eigenvalue weighted by Crippen LogP contribution is 2.37. The molecule has 2 aromatic heterocycles. The van der Waals surface area contributed by atoms with Crippen molar-refractivity contribution < 1.29 is 9.47 Å². The molecule has 1 N–H and O–H groups in total. The van der Waals surface area contributed by atoms with Gasteiger partial charge in [0.25, 0.3) is 0 Å². The van der Waals surface area contributed by atoms with Gasteiger partial charge in [-0.2, -0.15) is 5.10 Å². The van der Waals surface area contributed by atoms with Crippen LogP contribution in [0.15, 0.2) is 35.7 Å². The standard InChI is InChI=1S/C18H17N3O2S/c1-2-13(24-7-1)9-21-6-5-15-14(10-21)18(20-19-15)12-3-4-16-17(8-12)23-11-22-16/h1-4,7-8H,5-6,9-11H2,(H,19,20).